The van der Waals surface area contributed by atoms with Gasteiger partial charge in [-0.05, 0) is 38.0 Å². The molecule has 5 heteroatoms. The summed E-state index contributed by atoms with van der Waals surface area (Å²) in [5, 5.41) is 3.20. The van der Waals surface area contributed by atoms with Gasteiger partial charge >= 0.3 is 0 Å². The highest BCUT2D eigenvalue weighted by atomic mass is 19.1. The van der Waals surface area contributed by atoms with Gasteiger partial charge in [0, 0.05) is 31.1 Å². The number of aryl methyl sites for hydroxylation is 1. The lowest BCUT2D eigenvalue weighted by Crippen LogP contribution is -2.09. The maximum absolute atomic E-state index is 13.8. The van der Waals surface area contributed by atoms with E-state index in [4.69, 9.17) is 10.5 Å². The van der Waals surface area contributed by atoms with Crippen LogP contribution >= 0.6 is 0 Å². The zero-order valence-electron chi connectivity index (χ0n) is 12.5. The number of benzene rings is 1. The van der Waals surface area contributed by atoms with E-state index in [-0.39, 0.29) is 11.9 Å². The first-order valence-corrected chi connectivity index (χ1v) is 6.86. The minimum atomic E-state index is -0.454. The van der Waals surface area contributed by atoms with Crippen LogP contribution in [0.5, 0.6) is 5.75 Å². The summed E-state index contributed by atoms with van der Waals surface area (Å²) < 4.78 is 19.2. The van der Waals surface area contributed by atoms with Gasteiger partial charge in [-0.2, -0.15) is 0 Å². The highest BCUT2D eigenvalue weighted by molar-refractivity contribution is 5.68. The number of hydrogen-bond acceptors (Lipinski definition) is 4. The smallest absolute Gasteiger partial charge is 0.167 e. The van der Waals surface area contributed by atoms with Gasteiger partial charge in [-0.25, -0.2) is 4.39 Å². The first-order valence-electron chi connectivity index (χ1n) is 6.86. The van der Waals surface area contributed by atoms with Crippen LogP contribution in [0.15, 0.2) is 30.6 Å². The molecule has 0 radical (unpaired) electrons. The molecule has 2 aromatic rings. The SMILES string of the molecule is Cc1ccncc1CNc1cc(OC(C)C)c(F)cc1N. The molecule has 2 rings (SSSR count). The standard InChI is InChI=1S/C16H20FN3O/c1-10(2)21-16-7-15(14(18)6-13(16)17)20-9-12-8-19-5-4-11(12)3/h4-8,10,20H,9,18H2,1-3H3. The van der Waals surface area contributed by atoms with Crippen molar-refractivity contribution in [3.63, 3.8) is 0 Å². The largest absolute Gasteiger partial charge is 0.488 e. The second-order valence-corrected chi connectivity index (χ2v) is 5.19. The zero-order valence-corrected chi connectivity index (χ0v) is 12.5. The molecule has 0 aliphatic heterocycles. The van der Waals surface area contributed by atoms with E-state index in [1.165, 1.54) is 6.07 Å². The van der Waals surface area contributed by atoms with Gasteiger partial charge in [-0.3, -0.25) is 4.98 Å². The van der Waals surface area contributed by atoms with Crippen molar-refractivity contribution in [2.24, 2.45) is 0 Å². The molecule has 1 aromatic heterocycles. The Morgan fingerprint density at radius 2 is 2.14 bits per heavy atom. The van der Waals surface area contributed by atoms with Crippen molar-refractivity contribution in [2.75, 3.05) is 11.1 Å². The fraction of sp³-hybridized carbons (Fsp3) is 0.312. The Labute approximate surface area is 124 Å². The number of nitrogens with one attached hydrogen (secondary N) is 1. The molecule has 21 heavy (non-hydrogen) atoms. The molecule has 0 bridgehead atoms. The Balaban J connectivity index is 2.18. The van der Waals surface area contributed by atoms with E-state index in [2.05, 4.69) is 10.3 Å². The van der Waals surface area contributed by atoms with Crippen LogP contribution in [0.4, 0.5) is 15.8 Å². The van der Waals surface area contributed by atoms with Gasteiger partial charge in [-0.1, -0.05) is 0 Å². The normalized spacial score (nSPS) is 10.7. The lowest BCUT2D eigenvalue weighted by molar-refractivity contribution is 0.231. The van der Waals surface area contributed by atoms with Crippen molar-refractivity contribution in [2.45, 2.75) is 33.4 Å². The summed E-state index contributed by atoms with van der Waals surface area (Å²) in [6.45, 7) is 6.28. The summed E-state index contributed by atoms with van der Waals surface area (Å²) in [6.07, 6.45) is 3.45. The third kappa shape index (κ3) is 3.84. The monoisotopic (exact) mass is 289 g/mol. The van der Waals surface area contributed by atoms with Crippen molar-refractivity contribution < 1.29 is 9.13 Å². The summed E-state index contributed by atoms with van der Waals surface area (Å²) in [5.41, 5.74) is 9.05. The molecule has 0 aliphatic carbocycles. The first kappa shape index (κ1) is 15.1. The Morgan fingerprint density at radius 3 is 2.81 bits per heavy atom. The Hall–Kier alpha value is -2.30. The molecule has 0 saturated carbocycles. The topological polar surface area (TPSA) is 60.2 Å². The van der Waals surface area contributed by atoms with Crippen LogP contribution in [0.1, 0.15) is 25.0 Å². The quantitative estimate of drug-likeness (QED) is 0.827. The van der Waals surface area contributed by atoms with Crippen LogP contribution in [0.3, 0.4) is 0 Å². The molecule has 4 nitrogen and oxygen atoms in total. The fourth-order valence-electron chi connectivity index (χ4n) is 1.94. The zero-order chi connectivity index (χ0) is 15.4. The number of aromatic nitrogens is 1. The van der Waals surface area contributed by atoms with Gasteiger partial charge in [0.05, 0.1) is 17.5 Å². The van der Waals surface area contributed by atoms with Crippen LogP contribution in [-0.4, -0.2) is 11.1 Å². The van der Waals surface area contributed by atoms with Gasteiger partial charge < -0.3 is 15.8 Å². The molecule has 3 N–H and O–H groups in total. The lowest BCUT2D eigenvalue weighted by atomic mass is 10.1. The van der Waals surface area contributed by atoms with Crippen LogP contribution in [0, 0.1) is 12.7 Å². The average molecular weight is 289 g/mol. The number of nitrogen functional groups attached to an aromatic ring is 1. The second kappa shape index (κ2) is 6.43. The molecule has 0 saturated heterocycles. The molecule has 0 amide bonds. The molecule has 0 atom stereocenters. The molecule has 0 fully saturated rings. The van der Waals surface area contributed by atoms with E-state index in [1.807, 2.05) is 26.8 Å². The van der Waals surface area contributed by atoms with Crippen LogP contribution in [0.2, 0.25) is 0 Å². The van der Waals surface area contributed by atoms with Crippen molar-refractivity contribution in [1.29, 1.82) is 0 Å². The van der Waals surface area contributed by atoms with E-state index < -0.39 is 5.82 Å². The number of hydrogen-bond donors (Lipinski definition) is 2. The van der Waals surface area contributed by atoms with Crippen LogP contribution in [0.25, 0.3) is 0 Å². The predicted octanol–water partition coefficient (Wildman–Crippen LogP) is 3.51. The van der Waals surface area contributed by atoms with Crippen molar-refractivity contribution in [3.8, 4) is 5.75 Å². The van der Waals surface area contributed by atoms with Gasteiger partial charge in [0.1, 0.15) is 0 Å². The van der Waals surface area contributed by atoms with Crippen LogP contribution in [-0.2, 0) is 6.54 Å². The average Bonchev–Trinajstić information content (AvgIpc) is 2.41. The lowest BCUT2D eigenvalue weighted by Gasteiger charge is -2.15. The fourth-order valence-corrected chi connectivity index (χ4v) is 1.94. The summed E-state index contributed by atoms with van der Waals surface area (Å²) >= 11 is 0. The second-order valence-electron chi connectivity index (χ2n) is 5.19. The third-order valence-electron chi connectivity index (χ3n) is 3.08. The number of nitrogens with two attached hydrogens (primary N) is 1. The summed E-state index contributed by atoms with van der Waals surface area (Å²) in [7, 11) is 0. The number of nitrogens with zero attached hydrogens (tertiary/aromatic N) is 1. The Bertz CT molecular complexity index is 629. The summed E-state index contributed by atoms with van der Waals surface area (Å²) in [5.74, 6) is -0.256. The molecule has 0 unspecified atom stereocenters. The van der Waals surface area contributed by atoms with Gasteiger partial charge in [0.15, 0.2) is 11.6 Å². The summed E-state index contributed by atoms with van der Waals surface area (Å²) in [6, 6.07) is 4.81. The molecule has 1 aromatic carbocycles. The molecule has 0 aliphatic rings. The van der Waals surface area contributed by atoms with Crippen molar-refractivity contribution in [1.82, 2.24) is 4.98 Å². The third-order valence-corrected chi connectivity index (χ3v) is 3.08. The van der Waals surface area contributed by atoms with E-state index >= 15 is 0 Å². The molecule has 0 spiro atoms. The van der Waals surface area contributed by atoms with Gasteiger partial charge in [0.25, 0.3) is 0 Å². The molecule has 1 heterocycles. The number of halogens is 1. The molecule has 112 valence electrons. The molecular formula is C16H20FN3O. The minimum Gasteiger partial charge on any atom is -0.488 e. The number of pyridine rings is 1. The Morgan fingerprint density at radius 1 is 1.38 bits per heavy atom. The van der Waals surface area contributed by atoms with E-state index in [0.717, 1.165) is 11.1 Å². The molecular weight excluding hydrogens is 269 g/mol. The van der Waals surface area contributed by atoms with E-state index in [0.29, 0.717) is 17.9 Å². The van der Waals surface area contributed by atoms with Gasteiger partial charge in [-0.15, -0.1) is 0 Å². The Kier molecular flexibility index (Phi) is 4.62. The van der Waals surface area contributed by atoms with Gasteiger partial charge in [0.2, 0.25) is 0 Å². The number of rotatable bonds is 5. The highest BCUT2D eigenvalue weighted by Gasteiger charge is 2.11. The van der Waals surface area contributed by atoms with Crippen molar-refractivity contribution in [3.05, 3.63) is 47.5 Å². The summed E-state index contributed by atoms with van der Waals surface area (Å²) in [4.78, 5) is 4.10. The first-order chi connectivity index (χ1) is 9.97. The van der Waals surface area contributed by atoms with Crippen LogP contribution < -0.4 is 15.8 Å². The predicted molar refractivity (Wildman–Crippen MR) is 82.9 cm³/mol. The maximum Gasteiger partial charge on any atom is 0.167 e. The highest BCUT2D eigenvalue weighted by Crippen LogP contribution is 2.29. The number of ether oxygens (including phenoxy) is 1. The van der Waals surface area contributed by atoms with E-state index in [1.54, 1.807) is 18.5 Å². The van der Waals surface area contributed by atoms with Crippen molar-refractivity contribution >= 4 is 11.4 Å². The number of anilines is 2. The minimum absolute atomic E-state index is 0.100. The maximum atomic E-state index is 13.8. The van der Waals surface area contributed by atoms with E-state index in [9.17, 15) is 4.39 Å².